The molecule has 1 N–H and O–H groups in total. The molecule has 108 valence electrons. The third-order valence-electron chi connectivity index (χ3n) is 2.59. The molecule has 1 aromatic heterocycles. The molecule has 1 aromatic carbocycles. The molecule has 0 amide bonds. The summed E-state index contributed by atoms with van der Waals surface area (Å²) in [5, 5.41) is 2.53. The number of ether oxygens (including phenoxy) is 1. The third kappa shape index (κ3) is 3.38. The zero-order valence-corrected chi connectivity index (χ0v) is 14.0. The Morgan fingerprint density at radius 2 is 2.20 bits per heavy atom. The number of benzene rings is 1. The number of rotatable bonds is 5. The van der Waals surface area contributed by atoms with Crippen LogP contribution in [-0.4, -0.2) is 20.5 Å². The molecule has 0 saturated carbocycles. The Labute approximate surface area is 130 Å². The van der Waals surface area contributed by atoms with Gasteiger partial charge in [-0.05, 0) is 41.1 Å². The second-order valence-electron chi connectivity index (χ2n) is 4.01. The second kappa shape index (κ2) is 6.21. The molecular weight excluding hydrogens is 364 g/mol. The van der Waals surface area contributed by atoms with Crippen LogP contribution in [0, 0.1) is 0 Å². The van der Waals surface area contributed by atoms with E-state index in [0.717, 1.165) is 5.01 Å². The van der Waals surface area contributed by atoms with Crippen molar-refractivity contribution in [1.82, 2.24) is 9.71 Å². The summed E-state index contributed by atoms with van der Waals surface area (Å²) in [7, 11) is -2.08. The highest BCUT2D eigenvalue weighted by Crippen LogP contribution is 2.28. The first-order valence-electron chi connectivity index (χ1n) is 5.69. The fourth-order valence-corrected chi connectivity index (χ4v) is 4.26. The van der Waals surface area contributed by atoms with Crippen LogP contribution in [0.5, 0.6) is 5.75 Å². The molecule has 1 atom stereocenters. The van der Waals surface area contributed by atoms with Crippen LogP contribution in [0.4, 0.5) is 0 Å². The number of aromatic nitrogens is 1. The zero-order chi connectivity index (χ0) is 14.8. The highest BCUT2D eigenvalue weighted by atomic mass is 79.9. The molecule has 0 aliphatic rings. The van der Waals surface area contributed by atoms with Gasteiger partial charge >= 0.3 is 0 Å². The number of nitrogens with zero attached hydrogens (tertiary/aromatic N) is 1. The van der Waals surface area contributed by atoms with Crippen molar-refractivity contribution in [1.29, 1.82) is 0 Å². The van der Waals surface area contributed by atoms with Gasteiger partial charge in [0.15, 0.2) is 0 Å². The van der Waals surface area contributed by atoms with Gasteiger partial charge in [0.1, 0.15) is 10.8 Å². The van der Waals surface area contributed by atoms with Gasteiger partial charge in [-0.15, -0.1) is 11.3 Å². The van der Waals surface area contributed by atoms with Crippen molar-refractivity contribution in [2.45, 2.75) is 17.9 Å². The van der Waals surface area contributed by atoms with Crippen LogP contribution in [0.1, 0.15) is 18.0 Å². The normalized spacial score (nSPS) is 13.2. The van der Waals surface area contributed by atoms with Crippen molar-refractivity contribution < 1.29 is 13.2 Å². The van der Waals surface area contributed by atoms with E-state index in [1.165, 1.54) is 30.6 Å². The number of hydrogen-bond donors (Lipinski definition) is 1. The van der Waals surface area contributed by atoms with E-state index in [4.69, 9.17) is 4.74 Å². The first-order chi connectivity index (χ1) is 9.44. The number of sulfonamides is 1. The summed E-state index contributed by atoms with van der Waals surface area (Å²) in [5.41, 5.74) is 0. The topological polar surface area (TPSA) is 68.3 Å². The van der Waals surface area contributed by atoms with Crippen molar-refractivity contribution in [3.8, 4) is 5.75 Å². The fourth-order valence-electron chi connectivity index (χ4n) is 1.61. The predicted octanol–water partition coefficient (Wildman–Crippen LogP) is 2.95. The minimum atomic E-state index is -3.60. The first kappa shape index (κ1) is 15.4. The van der Waals surface area contributed by atoms with E-state index < -0.39 is 10.0 Å². The molecule has 0 saturated heterocycles. The number of thiazole rings is 1. The van der Waals surface area contributed by atoms with E-state index in [-0.39, 0.29) is 10.9 Å². The van der Waals surface area contributed by atoms with E-state index >= 15 is 0 Å². The predicted molar refractivity (Wildman–Crippen MR) is 81.5 cm³/mol. The molecule has 8 heteroatoms. The highest BCUT2D eigenvalue weighted by molar-refractivity contribution is 9.10. The van der Waals surface area contributed by atoms with Crippen LogP contribution in [0.2, 0.25) is 0 Å². The minimum absolute atomic E-state index is 0.175. The van der Waals surface area contributed by atoms with Crippen molar-refractivity contribution in [3.63, 3.8) is 0 Å². The molecule has 0 fully saturated rings. The summed E-state index contributed by atoms with van der Waals surface area (Å²) in [5.74, 6) is 0.580. The number of halogens is 1. The van der Waals surface area contributed by atoms with Gasteiger partial charge in [-0.1, -0.05) is 0 Å². The highest BCUT2D eigenvalue weighted by Gasteiger charge is 2.20. The molecule has 0 spiro atoms. The average molecular weight is 377 g/mol. The largest absolute Gasteiger partial charge is 0.496 e. The molecular formula is C12H13BrN2O3S2. The zero-order valence-electron chi connectivity index (χ0n) is 10.8. The van der Waals surface area contributed by atoms with Gasteiger partial charge in [0.25, 0.3) is 0 Å². The third-order valence-corrected chi connectivity index (χ3v) is 5.70. The molecule has 0 bridgehead atoms. The summed E-state index contributed by atoms with van der Waals surface area (Å²) in [6, 6.07) is 4.24. The molecule has 1 heterocycles. The van der Waals surface area contributed by atoms with Crippen molar-refractivity contribution in [3.05, 3.63) is 39.3 Å². The number of methoxy groups -OCH3 is 1. The SMILES string of the molecule is COc1ccc(S(=O)(=O)NC(C)c2nccs2)cc1Br. The standard InChI is InChI=1S/C12H13BrN2O3S2/c1-8(12-14-5-6-19-12)15-20(16,17)9-3-4-11(18-2)10(13)7-9/h3-8,15H,1-2H3. The molecule has 0 radical (unpaired) electrons. The van der Waals surface area contributed by atoms with Crippen LogP contribution in [0.3, 0.4) is 0 Å². The first-order valence-corrected chi connectivity index (χ1v) is 8.85. The lowest BCUT2D eigenvalue weighted by atomic mass is 10.3. The minimum Gasteiger partial charge on any atom is -0.496 e. The molecule has 1 unspecified atom stereocenters. The lowest BCUT2D eigenvalue weighted by Crippen LogP contribution is -2.26. The van der Waals surface area contributed by atoms with Gasteiger partial charge in [0.05, 0.1) is 22.5 Å². The monoisotopic (exact) mass is 376 g/mol. The number of nitrogens with one attached hydrogen (secondary N) is 1. The molecule has 0 aliphatic heterocycles. The van der Waals surface area contributed by atoms with Gasteiger partial charge in [-0.25, -0.2) is 18.1 Å². The molecule has 5 nitrogen and oxygen atoms in total. The second-order valence-corrected chi connectivity index (χ2v) is 7.50. The van der Waals surface area contributed by atoms with Gasteiger partial charge in [-0.2, -0.15) is 0 Å². The maximum atomic E-state index is 12.3. The molecule has 20 heavy (non-hydrogen) atoms. The van der Waals surface area contributed by atoms with Gasteiger partial charge < -0.3 is 4.74 Å². The fraction of sp³-hybridized carbons (Fsp3) is 0.250. The molecule has 2 aromatic rings. The Kier molecular flexibility index (Phi) is 4.79. The summed E-state index contributed by atoms with van der Waals surface area (Å²) >= 11 is 4.69. The lowest BCUT2D eigenvalue weighted by Gasteiger charge is -2.13. The van der Waals surface area contributed by atoms with E-state index in [1.54, 1.807) is 19.2 Å². The average Bonchev–Trinajstić information content (AvgIpc) is 2.92. The van der Waals surface area contributed by atoms with E-state index in [2.05, 4.69) is 25.6 Å². The van der Waals surface area contributed by atoms with Crippen molar-refractivity contribution in [2.24, 2.45) is 0 Å². The van der Waals surface area contributed by atoms with Crippen LogP contribution in [0.25, 0.3) is 0 Å². The summed E-state index contributed by atoms with van der Waals surface area (Å²) in [4.78, 5) is 4.28. The van der Waals surface area contributed by atoms with E-state index in [1.807, 2.05) is 5.38 Å². The van der Waals surface area contributed by atoms with Gasteiger partial charge in [0.2, 0.25) is 10.0 Å². The number of hydrogen-bond acceptors (Lipinski definition) is 5. The molecule has 2 rings (SSSR count). The molecule has 0 aliphatic carbocycles. The van der Waals surface area contributed by atoms with Crippen LogP contribution >= 0.6 is 27.3 Å². The Balaban J connectivity index is 2.24. The lowest BCUT2D eigenvalue weighted by molar-refractivity contribution is 0.411. The maximum Gasteiger partial charge on any atom is 0.241 e. The quantitative estimate of drug-likeness (QED) is 0.870. The van der Waals surface area contributed by atoms with E-state index in [0.29, 0.717) is 10.2 Å². The summed E-state index contributed by atoms with van der Waals surface area (Å²) in [6.07, 6.45) is 1.65. The maximum absolute atomic E-state index is 12.3. The Bertz CT molecular complexity index is 687. The summed E-state index contributed by atoms with van der Waals surface area (Å²) in [6.45, 7) is 1.76. The van der Waals surface area contributed by atoms with Crippen molar-refractivity contribution >= 4 is 37.3 Å². The van der Waals surface area contributed by atoms with Gasteiger partial charge in [0, 0.05) is 11.6 Å². The van der Waals surface area contributed by atoms with Crippen molar-refractivity contribution in [2.75, 3.05) is 7.11 Å². The Hall–Kier alpha value is -0.960. The smallest absolute Gasteiger partial charge is 0.241 e. The van der Waals surface area contributed by atoms with Crippen LogP contribution in [-0.2, 0) is 10.0 Å². The Morgan fingerprint density at radius 3 is 2.75 bits per heavy atom. The van der Waals surface area contributed by atoms with Crippen LogP contribution in [0.15, 0.2) is 39.1 Å². The summed E-state index contributed by atoms with van der Waals surface area (Å²) < 4.78 is 32.9. The van der Waals surface area contributed by atoms with Crippen LogP contribution < -0.4 is 9.46 Å². The van der Waals surface area contributed by atoms with E-state index in [9.17, 15) is 8.42 Å². The Morgan fingerprint density at radius 1 is 1.45 bits per heavy atom. The van der Waals surface area contributed by atoms with Gasteiger partial charge in [-0.3, -0.25) is 0 Å².